The molecule has 0 bridgehead atoms. The summed E-state index contributed by atoms with van der Waals surface area (Å²) in [6, 6.07) is 7.59. The summed E-state index contributed by atoms with van der Waals surface area (Å²) < 4.78 is 11.3. The van der Waals surface area contributed by atoms with Crippen LogP contribution in [-0.4, -0.2) is 47.8 Å². The number of nitrogens with zero attached hydrogens (tertiary/aromatic N) is 3. The summed E-state index contributed by atoms with van der Waals surface area (Å²) in [5.74, 6) is 1.84. The van der Waals surface area contributed by atoms with Gasteiger partial charge in [-0.05, 0) is 19.4 Å². The zero-order valence-corrected chi connectivity index (χ0v) is 16.4. The molecule has 0 spiro atoms. The second-order valence-electron chi connectivity index (χ2n) is 7.60. The van der Waals surface area contributed by atoms with E-state index in [1.54, 1.807) is 7.11 Å². The zero-order chi connectivity index (χ0) is 19.9. The summed E-state index contributed by atoms with van der Waals surface area (Å²) in [4.78, 5) is 23.6. The fraction of sp³-hybridized carbons (Fsp3) is 0.476. The van der Waals surface area contributed by atoms with Crippen molar-refractivity contribution in [2.75, 3.05) is 31.7 Å². The minimum atomic E-state index is -1.01. The van der Waals surface area contributed by atoms with Crippen molar-refractivity contribution in [3.05, 3.63) is 41.3 Å². The lowest BCUT2D eigenvalue weighted by molar-refractivity contribution is -0.151. The Morgan fingerprint density at radius 3 is 2.96 bits per heavy atom. The van der Waals surface area contributed by atoms with Gasteiger partial charge in [0.25, 0.3) is 0 Å². The second-order valence-corrected chi connectivity index (χ2v) is 7.60. The van der Waals surface area contributed by atoms with Gasteiger partial charge in [0, 0.05) is 42.8 Å². The van der Waals surface area contributed by atoms with Gasteiger partial charge < -0.3 is 19.5 Å². The summed E-state index contributed by atoms with van der Waals surface area (Å²) in [6.45, 7) is 5.08. The molecule has 1 saturated heterocycles. The Morgan fingerprint density at radius 1 is 1.43 bits per heavy atom. The topological polar surface area (TPSA) is 84.8 Å². The number of methoxy groups -OCH3 is 1. The molecule has 0 aliphatic carbocycles. The van der Waals surface area contributed by atoms with Crippen molar-refractivity contribution in [2.24, 2.45) is 5.41 Å². The number of anilines is 1. The van der Waals surface area contributed by atoms with Crippen LogP contribution in [0.15, 0.2) is 24.3 Å². The monoisotopic (exact) mass is 383 g/mol. The van der Waals surface area contributed by atoms with E-state index in [-0.39, 0.29) is 12.5 Å². The normalized spacial score (nSPS) is 23.0. The van der Waals surface area contributed by atoms with Crippen LogP contribution >= 0.6 is 0 Å². The number of hydrogen-bond acceptors (Lipinski definition) is 6. The third-order valence-electron chi connectivity index (χ3n) is 5.73. The molecular formula is C21H25N3O4. The first kappa shape index (κ1) is 18.5. The van der Waals surface area contributed by atoms with Gasteiger partial charge in [0.1, 0.15) is 23.7 Å². The smallest absolute Gasteiger partial charge is 0.315 e. The van der Waals surface area contributed by atoms with Gasteiger partial charge in [0.05, 0.1) is 7.11 Å². The summed E-state index contributed by atoms with van der Waals surface area (Å²) in [5.41, 5.74) is 0.768. The third-order valence-corrected chi connectivity index (χ3v) is 5.73. The fourth-order valence-corrected chi connectivity index (χ4v) is 4.34. The number of aryl methyl sites for hydroxylation is 2. The number of rotatable bonds is 5. The number of benzene rings is 1. The zero-order valence-electron chi connectivity index (χ0n) is 16.4. The number of para-hydroxylation sites is 1. The van der Waals surface area contributed by atoms with E-state index >= 15 is 0 Å². The average molecular weight is 383 g/mol. The standard InChI is InChI=1S/C21H25N3O4/c1-4-6-17-22-13(2)9-18(23-17)24-10-15-14-7-5-8-16(27-3)19(14)28-12-21(15,11-24)20(25)26/h5,7-9,15H,4,6,10-12H2,1-3H3,(H,25,26)/t15-,21-/m1/s1. The van der Waals surface area contributed by atoms with Crippen molar-refractivity contribution in [2.45, 2.75) is 32.6 Å². The summed E-state index contributed by atoms with van der Waals surface area (Å²) in [7, 11) is 1.60. The minimum absolute atomic E-state index is 0.114. The number of ether oxygens (including phenoxy) is 2. The van der Waals surface area contributed by atoms with Gasteiger partial charge in [0.2, 0.25) is 0 Å². The maximum atomic E-state index is 12.4. The van der Waals surface area contributed by atoms with Crippen LogP contribution in [0, 0.1) is 12.3 Å². The van der Waals surface area contributed by atoms with Crippen molar-refractivity contribution in [3.63, 3.8) is 0 Å². The molecule has 7 heteroatoms. The lowest BCUT2D eigenvalue weighted by Gasteiger charge is -2.36. The Morgan fingerprint density at radius 2 is 2.25 bits per heavy atom. The van der Waals surface area contributed by atoms with Gasteiger partial charge in [0.15, 0.2) is 11.5 Å². The number of carbonyl (C=O) groups is 1. The summed E-state index contributed by atoms with van der Waals surface area (Å²) >= 11 is 0. The lowest BCUT2D eigenvalue weighted by atomic mass is 9.73. The number of carboxylic acids is 1. The maximum Gasteiger partial charge on any atom is 0.315 e. The van der Waals surface area contributed by atoms with E-state index in [1.165, 1.54) is 0 Å². The number of aromatic nitrogens is 2. The largest absolute Gasteiger partial charge is 0.493 e. The van der Waals surface area contributed by atoms with Crippen molar-refractivity contribution >= 4 is 11.8 Å². The molecule has 2 aromatic rings. The average Bonchev–Trinajstić information content (AvgIpc) is 3.09. The molecule has 2 atom stereocenters. The Bertz CT molecular complexity index is 917. The number of hydrogen-bond donors (Lipinski definition) is 1. The van der Waals surface area contributed by atoms with Gasteiger partial charge >= 0.3 is 5.97 Å². The van der Waals surface area contributed by atoms with Gasteiger partial charge in [-0.15, -0.1) is 0 Å². The second kappa shape index (κ2) is 6.96. The predicted molar refractivity (Wildman–Crippen MR) is 104 cm³/mol. The molecule has 0 radical (unpaired) electrons. The molecule has 0 amide bonds. The van der Waals surface area contributed by atoms with E-state index in [4.69, 9.17) is 14.5 Å². The molecule has 1 aromatic carbocycles. The highest BCUT2D eigenvalue weighted by Gasteiger charge is 2.57. The van der Waals surface area contributed by atoms with Crippen molar-refractivity contribution in [1.82, 2.24) is 9.97 Å². The molecule has 28 heavy (non-hydrogen) atoms. The molecule has 7 nitrogen and oxygen atoms in total. The number of aliphatic carboxylic acids is 1. The van der Waals surface area contributed by atoms with Crippen LogP contribution < -0.4 is 14.4 Å². The molecule has 0 unspecified atom stereocenters. The fourth-order valence-electron chi connectivity index (χ4n) is 4.34. The van der Waals surface area contributed by atoms with Gasteiger partial charge in [-0.2, -0.15) is 0 Å². The van der Waals surface area contributed by atoms with Crippen LogP contribution in [0.5, 0.6) is 11.5 Å². The molecule has 0 saturated carbocycles. The van der Waals surface area contributed by atoms with Crippen LogP contribution in [0.1, 0.15) is 36.3 Å². The third kappa shape index (κ3) is 2.85. The Balaban J connectivity index is 1.75. The van der Waals surface area contributed by atoms with Crippen molar-refractivity contribution in [1.29, 1.82) is 0 Å². The van der Waals surface area contributed by atoms with E-state index in [1.807, 2.05) is 31.2 Å². The van der Waals surface area contributed by atoms with Crippen molar-refractivity contribution < 1.29 is 19.4 Å². The van der Waals surface area contributed by atoms with Crippen molar-refractivity contribution in [3.8, 4) is 11.5 Å². The molecular weight excluding hydrogens is 358 g/mol. The lowest BCUT2D eigenvalue weighted by Crippen LogP contribution is -2.45. The van der Waals surface area contributed by atoms with Crippen LogP contribution in [0.2, 0.25) is 0 Å². The first-order valence-corrected chi connectivity index (χ1v) is 9.61. The number of fused-ring (bicyclic) bond motifs is 3. The first-order chi connectivity index (χ1) is 13.5. The molecule has 1 aromatic heterocycles. The van der Waals surface area contributed by atoms with Gasteiger partial charge in [-0.3, -0.25) is 4.79 Å². The van der Waals surface area contributed by atoms with E-state index in [9.17, 15) is 9.90 Å². The summed E-state index contributed by atoms with van der Waals surface area (Å²) in [5, 5.41) is 10.1. The maximum absolute atomic E-state index is 12.4. The molecule has 2 aliphatic rings. The minimum Gasteiger partial charge on any atom is -0.493 e. The molecule has 1 fully saturated rings. The van der Waals surface area contributed by atoms with Crippen LogP contribution in [0.3, 0.4) is 0 Å². The van der Waals surface area contributed by atoms with Gasteiger partial charge in [-0.25, -0.2) is 9.97 Å². The highest BCUT2D eigenvalue weighted by molar-refractivity contribution is 5.80. The highest BCUT2D eigenvalue weighted by atomic mass is 16.5. The predicted octanol–water partition coefficient (Wildman–Crippen LogP) is 2.81. The van der Waals surface area contributed by atoms with Crippen LogP contribution in [-0.2, 0) is 11.2 Å². The molecule has 1 N–H and O–H groups in total. The Hall–Kier alpha value is -2.83. The number of carboxylic acid groups (broad SMARTS) is 1. The van der Waals surface area contributed by atoms with Gasteiger partial charge in [-0.1, -0.05) is 19.1 Å². The van der Waals surface area contributed by atoms with Crippen LogP contribution in [0.25, 0.3) is 0 Å². The van der Waals surface area contributed by atoms with E-state index < -0.39 is 11.4 Å². The van der Waals surface area contributed by atoms with E-state index in [0.717, 1.165) is 35.7 Å². The summed E-state index contributed by atoms with van der Waals surface area (Å²) in [6.07, 6.45) is 1.77. The SMILES string of the molecule is CCCc1nc(C)cc(N2C[C@@H]3c4cccc(OC)c4OC[C@]3(C(=O)O)C2)n1. The molecule has 3 heterocycles. The van der Waals surface area contributed by atoms with E-state index in [0.29, 0.717) is 24.6 Å². The highest BCUT2D eigenvalue weighted by Crippen LogP contribution is 2.52. The Labute approximate surface area is 164 Å². The molecule has 4 rings (SSSR count). The Kier molecular flexibility index (Phi) is 4.61. The first-order valence-electron chi connectivity index (χ1n) is 9.61. The van der Waals surface area contributed by atoms with Crippen LogP contribution in [0.4, 0.5) is 5.82 Å². The quantitative estimate of drug-likeness (QED) is 0.850. The molecule has 148 valence electrons. The van der Waals surface area contributed by atoms with E-state index in [2.05, 4.69) is 16.8 Å². The molecule has 2 aliphatic heterocycles.